The lowest BCUT2D eigenvalue weighted by atomic mass is 10.1. The smallest absolute Gasteiger partial charge is 0.339 e. The Balaban J connectivity index is 2.84. The molecule has 4 nitrogen and oxygen atoms in total. The number of hydrogen-bond acceptors (Lipinski definition) is 3. The lowest BCUT2D eigenvalue weighted by Crippen LogP contribution is -2.14. The number of pyridine rings is 1. The third kappa shape index (κ3) is 3.38. The maximum absolute atomic E-state index is 10.9. The molecule has 5 heteroatoms. The summed E-state index contributed by atoms with van der Waals surface area (Å²) in [5, 5.41) is 12.3. The van der Waals surface area contributed by atoms with Crippen LogP contribution < -0.4 is 5.32 Å². The van der Waals surface area contributed by atoms with Gasteiger partial charge in [-0.05, 0) is 18.1 Å². The average molecular weight is 243 g/mol. The van der Waals surface area contributed by atoms with Crippen LogP contribution in [0.3, 0.4) is 0 Å². The topological polar surface area (TPSA) is 62.2 Å². The van der Waals surface area contributed by atoms with Crippen LogP contribution in [0.15, 0.2) is 12.1 Å². The van der Waals surface area contributed by atoms with Gasteiger partial charge in [-0.25, -0.2) is 9.78 Å². The van der Waals surface area contributed by atoms with E-state index < -0.39 is 5.97 Å². The number of aromatic nitrogens is 1. The second-order valence-corrected chi connectivity index (χ2v) is 4.12. The van der Waals surface area contributed by atoms with Crippen LogP contribution >= 0.6 is 11.6 Å². The predicted octanol–water partition coefficient (Wildman–Crippen LogP) is 2.89. The maximum Gasteiger partial charge on any atom is 0.339 e. The van der Waals surface area contributed by atoms with Gasteiger partial charge in [-0.1, -0.05) is 31.9 Å². The second-order valence-electron chi connectivity index (χ2n) is 3.73. The number of halogens is 1. The molecule has 1 aromatic rings. The molecule has 88 valence electrons. The third-order valence-corrected chi connectivity index (χ3v) is 2.62. The number of carboxylic acids is 1. The zero-order valence-electron chi connectivity index (χ0n) is 9.33. The van der Waals surface area contributed by atoms with Crippen molar-refractivity contribution in [3.05, 3.63) is 22.8 Å². The van der Waals surface area contributed by atoms with Gasteiger partial charge in [0, 0.05) is 6.54 Å². The summed E-state index contributed by atoms with van der Waals surface area (Å²) in [6.07, 6.45) is 1.02. The predicted molar refractivity (Wildman–Crippen MR) is 64.2 cm³/mol. The Labute approximate surface area is 99.6 Å². The summed E-state index contributed by atoms with van der Waals surface area (Å²) in [4.78, 5) is 14.9. The Kier molecular flexibility index (Phi) is 4.55. The van der Waals surface area contributed by atoms with E-state index in [1.165, 1.54) is 12.1 Å². The number of nitrogens with zero attached hydrogens (tertiary/aromatic N) is 1. The summed E-state index contributed by atoms with van der Waals surface area (Å²) in [5.41, 5.74) is 0.146. The Morgan fingerprint density at radius 2 is 2.31 bits per heavy atom. The van der Waals surface area contributed by atoms with Crippen LogP contribution in [0.5, 0.6) is 0 Å². The summed E-state index contributed by atoms with van der Waals surface area (Å²) in [7, 11) is 0. The number of anilines is 1. The van der Waals surface area contributed by atoms with Crippen LogP contribution in [0.1, 0.15) is 30.6 Å². The van der Waals surface area contributed by atoms with Crippen LogP contribution in [-0.2, 0) is 0 Å². The molecule has 1 heterocycles. The number of carbonyl (C=O) groups is 1. The standard InChI is InChI=1S/C11H15ClN2O2/c1-3-7(2)6-13-10-8(11(15)16)4-5-9(12)14-10/h4-5,7H,3,6H2,1-2H3,(H,13,14)(H,15,16). The molecule has 0 amide bonds. The Morgan fingerprint density at radius 3 is 2.88 bits per heavy atom. The molecule has 1 rings (SSSR count). The summed E-state index contributed by atoms with van der Waals surface area (Å²) >= 11 is 5.73. The average Bonchev–Trinajstić information content (AvgIpc) is 2.25. The highest BCUT2D eigenvalue weighted by Crippen LogP contribution is 2.17. The molecule has 2 N–H and O–H groups in total. The highest BCUT2D eigenvalue weighted by Gasteiger charge is 2.12. The van der Waals surface area contributed by atoms with Gasteiger partial charge in [0.05, 0.1) is 0 Å². The molecule has 0 spiro atoms. The molecule has 0 saturated heterocycles. The Bertz CT molecular complexity index is 382. The van der Waals surface area contributed by atoms with Gasteiger partial charge in [-0.15, -0.1) is 0 Å². The van der Waals surface area contributed by atoms with Crippen molar-refractivity contribution >= 4 is 23.4 Å². The molecule has 1 aromatic heterocycles. The molecule has 0 aliphatic rings. The summed E-state index contributed by atoms with van der Waals surface area (Å²) < 4.78 is 0. The summed E-state index contributed by atoms with van der Waals surface area (Å²) in [6, 6.07) is 2.93. The van der Waals surface area contributed by atoms with Crippen LogP contribution in [0, 0.1) is 5.92 Å². The number of aromatic carboxylic acids is 1. The number of hydrogen-bond donors (Lipinski definition) is 2. The fourth-order valence-electron chi connectivity index (χ4n) is 1.16. The van der Waals surface area contributed by atoms with Crippen molar-refractivity contribution in [2.45, 2.75) is 20.3 Å². The molecule has 0 radical (unpaired) electrons. The van der Waals surface area contributed by atoms with Gasteiger partial charge in [-0.2, -0.15) is 0 Å². The van der Waals surface area contributed by atoms with E-state index in [1.807, 2.05) is 0 Å². The first-order chi connectivity index (χ1) is 7.54. The van der Waals surface area contributed by atoms with Gasteiger partial charge in [-0.3, -0.25) is 0 Å². The van der Waals surface area contributed by atoms with Crippen molar-refractivity contribution in [2.24, 2.45) is 5.92 Å². The highest BCUT2D eigenvalue weighted by molar-refractivity contribution is 6.29. The quantitative estimate of drug-likeness (QED) is 0.780. The van der Waals surface area contributed by atoms with E-state index in [0.717, 1.165) is 6.42 Å². The molecule has 0 fully saturated rings. The highest BCUT2D eigenvalue weighted by atomic mass is 35.5. The number of rotatable bonds is 5. The van der Waals surface area contributed by atoms with E-state index in [9.17, 15) is 4.79 Å². The lowest BCUT2D eigenvalue weighted by Gasteiger charge is -2.12. The van der Waals surface area contributed by atoms with E-state index in [0.29, 0.717) is 18.3 Å². The van der Waals surface area contributed by atoms with Crippen LogP contribution in [0.2, 0.25) is 5.15 Å². The zero-order valence-corrected chi connectivity index (χ0v) is 10.1. The van der Waals surface area contributed by atoms with Crippen LogP contribution in [-0.4, -0.2) is 22.6 Å². The van der Waals surface area contributed by atoms with Crippen molar-refractivity contribution < 1.29 is 9.90 Å². The Morgan fingerprint density at radius 1 is 1.62 bits per heavy atom. The van der Waals surface area contributed by atoms with Gasteiger partial charge >= 0.3 is 5.97 Å². The minimum Gasteiger partial charge on any atom is -0.478 e. The lowest BCUT2D eigenvalue weighted by molar-refractivity contribution is 0.0697. The van der Waals surface area contributed by atoms with Gasteiger partial charge in [0.15, 0.2) is 0 Å². The number of carboxylic acid groups (broad SMARTS) is 1. The summed E-state index contributed by atoms with van der Waals surface area (Å²) in [6.45, 7) is 4.85. The summed E-state index contributed by atoms with van der Waals surface area (Å²) in [5.74, 6) is -0.210. The zero-order chi connectivity index (χ0) is 12.1. The monoisotopic (exact) mass is 242 g/mol. The van der Waals surface area contributed by atoms with E-state index in [1.54, 1.807) is 0 Å². The van der Waals surface area contributed by atoms with E-state index in [2.05, 4.69) is 24.1 Å². The van der Waals surface area contributed by atoms with Crippen LogP contribution in [0.4, 0.5) is 5.82 Å². The molecular formula is C11H15ClN2O2. The van der Waals surface area contributed by atoms with E-state index >= 15 is 0 Å². The first kappa shape index (κ1) is 12.8. The molecule has 0 aliphatic heterocycles. The maximum atomic E-state index is 10.9. The van der Waals surface area contributed by atoms with E-state index in [4.69, 9.17) is 16.7 Å². The van der Waals surface area contributed by atoms with Crippen molar-refractivity contribution in [3.8, 4) is 0 Å². The minimum atomic E-state index is -1.00. The van der Waals surface area contributed by atoms with Crippen molar-refractivity contribution in [3.63, 3.8) is 0 Å². The first-order valence-corrected chi connectivity index (χ1v) is 5.56. The fraction of sp³-hybridized carbons (Fsp3) is 0.455. The first-order valence-electron chi connectivity index (χ1n) is 5.18. The van der Waals surface area contributed by atoms with E-state index in [-0.39, 0.29) is 10.7 Å². The molecule has 0 bridgehead atoms. The third-order valence-electron chi connectivity index (χ3n) is 2.41. The van der Waals surface area contributed by atoms with Gasteiger partial charge in [0.2, 0.25) is 0 Å². The second kappa shape index (κ2) is 5.70. The largest absolute Gasteiger partial charge is 0.478 e. The normalized spacial score (nSPS) is 12.2. The fourth-order valence-corrected chi connectivity index (χ4v) is 1.31. The molecule has 0 saturated carbocycles. The van der Waals surface area contributed by atoms with Crippen molar-refractivity contribution in [2.75, 3.05) is 11.9 Å². The van der Waals surface area contributed by atoms with Crippen molar-refractivity contribution in [1.82, 2.24) is 4.98 Å². The SMILES string of the molecule is CCC(C)CNc1nc(Cl)ccc1C(=O)O. The number of nitrogens with one attached hydrogen (secondary N) is 1. The molecular weight excluding hydrogens is 228 g/mol. The molecule has 0 aliphatic carbocycles. The molecule has 0 aromatic carbocycles. The Hall–Kier alpha value is -1.29. The molecule has 16 heavy (non-hydrogen) atoms. The molecule has 1 unspecified atom stereocenters. The van der Waals surface area contributed by atoms with Crippen LogP contribution in [0.25, 0.3) is 0 Å². The molecule has 1 atom stereocenters. The van der Waals surface area contributed by atoms with Gasteiger partial charge < -0.3 is 10.4 Å². The van der Waals surface area contributed by atoms with Gasteiger partial charge in [0.25, 0.3) is 0 Å². The minimum absolute atomic E-state index is 0.146. The van der Waals surface area contributed by atoms with Crippen molar-refractivity contribution in [1.29, 1.82) is 0 Å². The van der Waals surface area contributed by atoms with Gasteiger partial charge in [0.1, 0.15) is 16.5 Å².